The van der Waals surface area contributed by atoms with E-state index in [1.807, 2.05) is 0 Å². The predicted octanol–water partition coefficient (Wildman–Crippen LogP) is 0.210. The number of hydrogen-bond acceptors (Lipinski definition) is 4. The number of ether oxygens (including phenoxy) is 1. The first kappa shape index (κ1) is 12.2. The topological polar surface area (TPSA) is 71.5 Å². The summed E-state index contributed by atoms with van der Waals surface area (Å²) in [5, 5.41) is 0. The lowest BCUT2D eigenvalue weighted by atomic mass is 10.4. The fraction of sp³-hybridized carbons (Fsp3) is 0.444. The Morgan fingerprint density at radius 3 is 2.65 bits per heavy atom. The van der Waals surface area contributed by atoms with Crippen LogP contribution in [0.3, 0.4) is 0 Å². The Labute approximate surface area is 98.6 Å². The molecule has 6 nitrogen and oxygen atoms in total. The average molecular weight is 261 g/mol. The molecule has 0 spiro atoms. The van der Waals surface area contributed by atoms with Crippen molar-refractivity contribution in [3.63, 3.8) is 0 Å². The molecule has 0 bridgehead atoms. The number of rotatable bonds is 3. The van der Waals surface area contributed by atoms with Gasteiger partial charge in [-0.25, -0.2) is 4.98 Å². The first-order valence-electron chi connectivity index (χ1n) is 5.05. The van der Waals surface area contributed by atoms with Crippen molar-refractivity contribution in [2.75, 3.05) is 31.0 Å². The summed E-state index contributed by atoms with van der Waals surface area (Å²) >= 11 is 0. The van der Waals surface area contributed by atoms with Crippen molar-refractivity contribution >= 4 is 15.9 Å². The van der Waals surface area contributed by atoms with Crippen molar-refractivity contribution in [2.45, 2.75) is 0 Å². The van der Waals surface area contributed by atoms with E-state index < -0.39 is 16.2 Å². The van der Waals surface area contributed by atoms with Gasteiger partial charge in [0.05, 0.1) is 25.1 Å². The molecule has 1 fully saturated rings. The van der Waals surface area contributed by atoms with E-state index in [4.69, 9.17) is 4.74 Å². The van der Waals surface area contributed by atoms with Gasteiger partial charge in [-0.1, -0.05) is 0 Å². The van der Waals surface area contributed by atoms with Gasteiger partial charge in [-0.15, -0.1) is 0 Å². The zero-order valence-corrected chi connectivity index (χ0v) is 9.78. The maximum Gasteiger partial charge on any atom is 0.301 e. The van der Waals surface area contributed by atoms with Gasteiger partial charge in [0, 0.05) is 13.1 Å². The quantitative estimate of drug-likeness (QED) is 0.789. The second-order valence-corrected chi connectivity index (χ2v) is 5.16. The summed E-state index contributed by atoms with van der Waals surface area (Å²) in [7, 11) is -3.61. The van der Waals surface area contributed by atoms with E-state index in [-0.39, 0.29) is 5.69 Å². The van der Waals surface area contributed by atoms with Crippen LogP contribution in [0.25, 0.3) is 0 Å². The lowest BCUT2D eigenvalue weighted by molar-refractivity contribution is 0.0733. The van der Waals surface area contributed by atoms with Gasteiger partial charge in [0.1, 0.15) is 0 Å². The Morgan fingerprint density at radius 2 is 2.06 bits per heavy atom. The monoisotopic (exact) mass is 261 g/mol. The van der Waals surface area contributed by atoms with Crippen LogP contribution in [-0.2, 0) is 14.9 Å². The Kier molecular flexibility index (Phi) is 3.55. The van der Waals surface area contributed by atoms with E-state index in [9.17, 15) is 12.8 Å². The zero-order valence-electron chi connectivity index (χ0n) is 8.97. The first-order chi connectivity index (χ1) is 8.08. The average Bonchev–Trinajstić information content (AvgIpc) is 2.33. The molecule has 1 aliphatic heterocycles. The molecule has 0 radical (unpaired) electrons. The highest BCUT2D eigenvalue weighted by molar-refractivity contribution is 7.90. The van der Waals surface area contributed by atoms with Crippen LogP contribution < -0.4 is 4.72 Å². The fourth-order valence-corrected chi connectivity index (χ4v) is 2.61. The van der Waals surface area contributed by atoms with Gasteiger partial charge < -0.3 is 4.74 Å². The molecule has 2 heterocycles. The van der Waals surface area contributed by atoms with Crippen LogP contribution in [0.4, 0.5) is 10.1 Å². The largest absolute Gasteiger partial charge is 0.379 e. The third-order valence-corrected chi connectivity index (χ3v) is 3.82. The van der Waals surface area contributed by atoms with Crippen LogP contribution in [0.15, 0.2) is 18.3 Å². The maximum absolute atomic E-state index is 12.6. The van der Waals surface area contributed by atoms with Crippen LogP contribution in [0.1, 0.15) is 0 Å². The van der Waals surface area contributed by atoms with Crippen LogP contribution in [-0.4, -0.2) is 44.0 Å². The number of morpholine rings is 1. The highest BCUT2D eigenvalue weighted by Gasteiger charge is 2.24. The molecule has 17 heavy (non-hydrogen) atoms. The van der Waals surface area contributed by atoms with E-state index >= 15 is 0 Å². The molecule has 1 saturated heterocycles. The Balaban J connectivity index is 2.08. The summed E-state index contributed by atoms with van der Waals surface area (Å²) in [6.07, 6.45) is 1.13. The SMILES string of the molecule is O=S(=O)(Nc1ccc(F)nc1)N1CCOCC1. The molecule has 1 aromatic rings. The van der Waals surface area contributed by atoms with Gasteiger partial charge in [-0.05, 0) is 12.1 Å². The number of halogens is 1. The van der Waals surface area contributed by atoms with E-state index in [0.29, 0.717) is 26.3 Å². The molecule has 0 aromatic carbocycles. The second-order valence-electron chi connectivity index (χ2n) is 3.49. The van der Waals surface area contributed by atoms with Crippen LogP contribution in [0.5, 0.6) is 0 Å². The second kappa shape index (κ2) is 4.94. The number of hydrogen-bond donors (Lipinski definition) is 1. The van der Waals surface area contributed by atoms with Gasteiger partial charge in [0.25, 0.3) is 0 Å². The molecule has 1 N–H and O–H groups in total. The summed E-state index contributed by atoms with van der Waals surface area (Å²) in [6.45, 7) is 1.37. The summed E-state index contributed by atoms with van der Waals surface area (Å²) in [5.74, 6) is -0.653. The molecular formula is C9H12FN3O3S. The Hall–Kier alpha value is -1.25. The zero-order chi connectivity index (χ0) is 12.3. The molecule has 0 unspecified atom stereocenters. The van der Waals surface area contributed by atoms with Crippen LogP contribution >= 0.6 is 0 Å². The van der Waals surface area contributed by atoms with E-state index in [1.165, 1.54) is 10.4 Å². The highest BCUT2D eigenvalue weighted by atomic mass is 32.2. The van der Waals surface area contributed by atoms with Gasteiger partial charge >= 0.3 is 10.2 Å². The highest BCUT2D eigenvalue weighted by Crippen LogP contribution is 2.11. The third kappa shape index (κ3) is 3.11. The molecule has 0 atom stereocenters. The van der Waals surface area contributed by atoms with Gasteiger partial charge in [0.2, 0.25) is 5.95 Å². The fourth-order valence-electron chi connectivity index (χ4n) is 1.44. The van der Waals surface area contributed by atoms with Crippen molar-refractivity contribution in [3.8, 4) is 0 Å². The number of pyridine rings is 1. The molecule has 0 amide bonds. The van der Waals surface area contributed by atoms with E-state index in [2.05, 4.69) is 9.71 Å². The maximum atomic E-state index is 12.6. The van der Waals surface area contributed by atoms with Gasteiger partial charge in [-0.3, -0.25) is 4.72 Å². The standard InChI is InChI=1S/C9H12FN3O3S/c10-9-2-1-8(7-11-9)12-17(14,15)13-3-5-16-6-4-13/h1-2,7,12H,3-6H2. The summed E-state index contributed by atoms with van der Waals surface area (Å²) < 4.78 is 45.0. The van der Waals surface area contributed by atoms with E-state index in [1.54, 1.807) is 0 Å². The normalized spacial score (nSPS) is 17.9. The minimum absolute atomic E-state index is 0.234. The summed E-state index contributed by atoms with van der Waals surface area (Å²) in [5.41, 5.74) is 0.234. The molecule has 1 aromatic heterocycles. The van der Waals surface area contributed by atoms with Crippen molar-refractivity contribution in [1.82, 2.24) is 9.29 Å². The van der Waals surface area contributed by atoms with E-state index in [0.717, 1.165) is 12.3 Å². The van der Waals surface area contributed by atoms with Crippen LogP contribution in [0.2, 0.25) is 0 Å². The number of aromatic nitrogens is 1. The van der Waals surface area contributed by atoms with Gasteiger partial charge in [-0.2, -0.15) is 17.1 Å². The minimum atomic E-state index is -3.61. The first-order valence-corrected chi connectivity index (χ1v) is 6.49. The molecule has 2 rings (SSSR count). The minimum Gasteiger partial charge on any atom is -0.379 e. The molecule has 0 aliphatic carbocycles. The predicted molar refractivity (Wildman–Crippen MR) is 59.1 cm³/mol. The number of nitrogens with one attached hydrogen (secondary N) is 1. The smallest absolute Gasteiger partial charge is 0.301 e. The third-order valence-electron chi connectivity index (χ3n) is 2.28. The summed E-state index contributed by atoms with van der Waals surface area (Å²) in [6, 6.07) is 2.41. The Bertz CT molecular complexity index is 471. The van der Waals surface area contributed by atoms with Crippen molar-refractivity contribution in [1.29, 1.82) is 0 Å². The molecule has 0 saturated carbocycles. The number of anilines is 1. The summed E-state index contributed by atoms with van der Waals surface area (Å²) in [4.78, 5) is 3.37. The lowest BCUT2D eigenvalue weighted by Crippen LogP contribution is -2.43. The van der Waals surface area contributed by atoms with Crippen molar-refractivity contribution in [2.24, 2.45) is 0 Å². The lowest BCUT2D eigenvalue weighted by Gasteiger charge is -2.26. The molecular weight excluding hydrogens is 249 g/mol. The Morgan fingerprint density at radius 1 is 1.35 bits per heavy atom. The molecule has 1 aliphatic rings. The molecule has 8 heteroatoms. The molecule has 94 valence electrons. The van der Waals surface area contributed by atoms with Gasteiger partial charge in [0.15, 0.2) is 0 Å². The van der Waals surface area contributed by atoms with Crippen molar-refractivity contribution < 1.29 is 17.5 Å². The number of nitrogens with zero attached hydrogens (tertiary/aromatic N) is 2. The van der Waals surface area contributed by atoms with Crippen LogP contribution in [0, 0.1) is 5.95 Å². The van der Waals surface area contributed by atoms with Crippen molar-refractivity contribution in [3.05, 3.63) is 24.3 Å².